The van der Waals surface area contributed by atoms with E-state index in [0.717, 1.165) is 6.20 Å². The molecule has 1 aliphatic heterocycles. The van der Waals surface area contributed by atoms with Crippen LogP contribution in [0.1, 0.15) is 6.42 Å². The molecule has 3 rings (SSSR count). The second kappa shape index (κ2) is 5.86. The van der Waals surface area contributed by atoms with Crippen LogP contribution in [0.3, 0.4) is 0 Å². The summed E-state index contributed by atoms with van der Waals surface area (Å²) in [5.74, 6) is -3.14. The van der Waals surface area contributed by atoms with Crippen molar-refractivity contribution in [3.63, 3.8) is 0 Å². The maximum absolute atomic E-state index is 14.0. The lowest BCUT2D eigenvalue weighted by Gasteiger charge is -2.32. The van der Waals surface area contributed by atoms with Crippen molar-refractivity contribution in [1.29, 1.82) is 0 Å². The van der Waals surface area contributed by atoms with E-state index in [1.165, 1.54) is 6.07 Å². The molecule has 0 aliphatic carbocycles. The first-order chi connectivity index (χ1) is 10.9. The van der Waals surface area contributed by atoms with Crippen LogP contribution >= 0.6 is 11.6 Å². The van der Waals surface area contributed by atoms with Gasteiger partial charge in [0.25, 0.3) is 5.92 Å². The summed E-state index contributed by atoms with van der Waals surface area (Å²) in [6, 6.07) is 3.49. The fourth-order valence-electron chi connectivity index (χ4n) is 2.55. The first-order valence-electron chi connectivity index (χ1n) is 6.84. The van der Waals surface area contributed by atoms with Crippen LogP contribution in [0.25, 0.3) is 10.9 Å². The number of hydrogen-bond acceptors (Lipinski definition) is 5. The van der Waals surface area contributed by atoms with Crippen LogP contribution in [-0.2, 0) is 4.74 Å². The van der Waals surface area contributed by atoms with E-state index in [9.17, 15) is 18.9 Å². The minimum atomic E-state index is -3.14. The Balaban J connectivity index is 2.14. The van der Waals surface area contributed by atoms with Crippen LogP contribution in [0.15, 0.2) is 24.4 Å². The molecule has 2 heterocycles. The first kappa shape index (κ1) is 15.8. The average molecular weight is 344 g/mol. The molecule has 0 radical (unpaired) electrons. The van der Waals surface area contributed by atoms with Crippen LogP contribution in [-0.4, -0.2) is 35.1 Å². The van der Waals surface area contributed by atoms with Crippen LogP contribution < -0.4 is 5.32 Å². The molecule has 1 aliphatic rings. The van der Waals surface area contributed by atoms with Crippen molar-refractivity contribution < 1.29 is 18.4 Å². The number of ether oxygens (including phenoxy) is 1. The fourth-order valence-corrected chi connectivity index (χ4v) is 2.81. The van der Waals surface area contributed by atoms with Gasteiger partial charge in [-0.25, -0.2) is 13.8 Å². The number of fused-ring (bicyclic) bond motifs is 1. The van der Waals surface area contributed by atoms with Crippen molar-refractivity contribution in [2.75, 3.05) is 18.5 Å². The maximum atomic E-state index is 14.0. The third-order valence-electron chi connectivity index (χ3n) is 3.69. The van der Waals surface area contributed by atoms with E-state index < -0.39 is 29.2 Å². The number of halogens is 3. The van der Waals surface area contributed by atoms with E-state index in [2.05, 4.69) is 10.3 Å². The molecule has 1 aromatic carbocycles. The van der Waals surface area contributed by atoms with Gasteiger partial charge in [0.05, 0.1) is 21.5 Å². The normalized spacial score (nSPS) is 20.4. The smallest absolute Gasteiger partial charge is 0.311 e. The average Bonchev–Trinajstić information content (AvgIpc) is 2.49. The van der Waals surface area contributed by atoms with Crippen molar-refractivity contribution in [1.82, 2.24) is 4.98 Å². The summed E-state index contributed by atoms with van der Waals surface area (Å²) in [5.41, 5.74) is -0.0500. The quantitative estimate of drug-likeness (QED) is 0.680. The van der Waals surface area contributed by atoms with E-state index in [4.69, 9.17) is 16.3 Å². The third-order valence-corrected chi connectivity index (χ3v) is 4.01. The molecule has 23 heavy (non-hydrogen) atoms. The number of hydrogen-bond donors (Lipinski definition) is 1. The molecule has 1 aromatic heterocycles. The zero-order valence-electron chi connectivity index (χ0n) is 11.8. The summed E-state index contributed by atoms with van der Waals surface area (Å²) in [6.45, 7) is -0.576. The molecule has 1 saturated heterocycles. The van der Waals surface area contributed by atoms with Gasteiger partial charge in [0.2, 0.25) is 0 Å². The Kier molecular flexibility index (Phi) is 4.03. The van der Waals surface area contributed by atoms with Crippen molar-refractivity contribution in [3.05, 3.63) is 39.5 Å². The van der Waals surface area contributed by atoms with E-state index in [1.807, 2.05) is 0 Å². The van der Waals surface area contributed by atoms with E-state index in [-0.39, 0.29) is 29.1 Å². The summed E-state index contributed by atoms with van der Waals surface area (Å²) in [6.07, 6.45) is 1.07. The number of alkyl halides is 2. The largest absolute Gasteiger partial charge is 0.375 e. The maximum Gasteiger partial charge on any atom is 0.311 e. The molecule has 1 atom stereocenters. The van der Waals surface area contributed by atoms with Gasteiger partial charge in [-0.05, 0) is 18.6 Å². The molecular weight excluding hydrogens is 332 g/mol. The Bertz CT molecular complexity index is 772. The highest BCUT2D eigenvalue weighted by molar-refractivity contribution is 6.36. The minimum absolute atomic E-state index is 0.0262. The predicted molar refractivity (Wildman–Crippen MR) is 81.2 cm³/mol. The molecular formula is C14H12ClF2N3O3. The third kappa shape index (κ3) is 2.91. The number of aromatic nitrogens is 1. The molecule has 0 saturated carbocycles. The fraction of sp³-hybridized carbons (Fsp3) is 0.357. The van der Waals surface area contributed by atoms with Gasteiger partial charge in [0, 0.05) is 12.0 Å². The van der Waals surface area contributed by atoms with Gasteiger partial charge in [-0.15, -0.1) is 0 Å². The van der Waals surface area contributed by atoms with Crippen LogP contribution in [0.4, 0.5) is 20.2 Å². The number of pyridine rings is 1. The molecule has 6 nitrogen and oxygen atoms in total. The van der Waals surface area contributed by atoms with Gasteiger partial charge >= 0.3 is 5.69 Å². The second-order valence-corrected chi connectivity index (χ2v) is 5.62. The summed E-state index contributed by atoms with van der Waals surface area (Å²) < 4.78 is 32.7. The van der Waals surface area contributed by atoms with Crippen molar-refractivity contribution in [2.24, 2.45) is 0 Å². The Morgan fingerprint density at radius 2 is 2.26 bits per heavy atom. The summed E-state index contributed by atoms with van der Waals surface area (Å²) in [7, 11) is 0. The van der Waals surface area contributed by atoms with Gasteiger partial charge in [0.15, 0.2) is 0 Å². The number of benzene rings is 1. The van der Waals surface area contributed by atoms with Gasteiger partial charge in [-0.1, -0.05) is 17.7 Å². The number of anilines is 1. The Morgan fingerprint density at radius 1 is 1.48 bits per heavy atom. The Morgan fingerprint density at radius 3 is 2.96 bits per heavy atom. The Hall–Kier alpha value is -2.06. The standard InChI is InChI=1S/C14H12ClF2N3O3/c15-8-2-1-3-9-12(8)13(10(6-18-9)20(21)22)19-11-4-5-23-7-14(11,16)17/h1-3,6,11H,4-5,7H2,(H,18,19). The highest BCUT2D eigenvalue weighted by Gasteiger charge is 2.43. The molecule has 9 heteroatoms. The predicted octanol–water partition coefficient (Wildman–Crippen LogP) is 3.63. The lowest BCUT2D eigenvalue weighted by molar-refractivity contribution is -0.384. The Labute approximate surface area is 134 Å². The minimum Gasteiger partial charge on any atom is -0.375 e. The highest BCUT2D eigenvalue weighted by Crippen LogP contribution is 2.38. The van der Waals surface area contributed by atoms with Gasteiger partial charge < -0.3 is 10.1 Å². The molecule has 0 bridgehead atoms. The lowest BCUT2D eigenvalue weighted by atomic mass is 10.0. The van der Waals surface area contributed by atoms with Crippen LogP contribution in [0.5, 0.6) is 0 Å². The SMILES string of the molecule is O=[N+]([O-])c1cnc2cccc(Cl)c2c1NC1CCOCC1(F)F. The van der Waals surface area contributed by atoms with Crippen LogP contribution in [0.2, 0.25) is 5.02 Å². The van der Waals surface area contributed by atoms with E-state index >= 15 is 0 Å². The summed E-state index contributed by atoms with van der Waals surface area (Å²) in [5, 5.41) is 14.3. The number of nitrogens with zero attached hydrogens (tertiary/aromatic N) is 2. The molecule has 0 spiro atoms. The zero-order chi connectivity index (χ0) is 16.6. The second-order valence-electron chi connectivity index (χ2n) is 5.21. The van der Waals surface area contributed by atoms with Gasteiger partial charge in [-0.3, -0.25) is 10.1 Å². The van der Waals surface area contributed by atoms with Crippen LogP contribution in [0, 0.1) is 10.1 Å². The van der Waals surface area contributed by atoms with Crippen molar-refractivity contribution in [2.45, 2.75) is 18.4 Å². The van der Waals surface area contributed by atoms with Gasteiger partial charge in [-0.2, -0.15) is 0 Å². The molecule has 0 amide bonds. The highest BCUT2D eigenvalue weighted by atomic mass is 35.5. The molecule has 2 aromatic rings. The topological polar surface area (TPSA) is 77.3 Å². The first-order valence-corrected chi connectivity index (χ1v) is 7.21. The van der Waals surface area contributed by atoms with Gasteiger partial charge in [0.1, 0.15) is 18.5 Å². The van der Waals surface area contributed by atoms with E-state index in [0.29, 0.717) is 5.52 Å². The molecule has 1 N–H and O–H groups in total. The number of nitro groups is 1. The number of nitrogens with one attached hydrogen (secondary N) is 1. The lowest BCUT2D eigenvalue weighted by Crippen LogP contribution is -2.47. The summed E-state index contributed by atoms with van der Waals surface area (Å²) >= 11 is 6.11. The molecule has 1 unspecified atom stereocenters. The summed E-state index contributed by atoms with van der Waals surface area (Å²) in [4.78, 5) is 14.6. The van der Waals surface area contributed by atoms with Crippen molar-refractivity contribution >= 4 is 33.9 Å². The number of rotatable bonds is 3. The van der Waals surface area contributed by atoms with Crippen molar-refractivity contribution in [3.8, 4) is 0 Å². The van der Waals surface area contributed by atoms with E-state index in [1.54, 1.807) is 12.1 Å². The zero-order valence-corrected chi connectivity index (χ0v) is 12.5. The monoisotopic (exact) mass is 343 g/mol. The molecule has 122 valence electrons. The molecule has 1 fully saturated rings.